The van der Waals surface area contributed by atoms with Gasteiger partial charge in [-0.2, -0.15) is 0 Å². The van der Waals surface area contributed by atoms with Gasteiger partial charge in [-0.3, -0.25) is 4.79 Å². The molecular formula is C13H12BrNO3. The molecule has 0 spiro atoms. The molecule has 0 saturated carbocycles. The van der Waals surface area contributed by atoms with Gasteiger partial charge in [-0.05, 0) is 6.07 Å². The molecule has 1 aromatic rings. The number of anilines is 1. The van der Waals surface area contributed by atoms with E-state index in [4.69, 9.17) is 4.74 Å². The number of likely N-dealkylation sites (N-methyl/N-ethyl adjacent to an activating group) is 1. The van der Waals surface area contributed by atoms with E-state index in [9.17, 15) is 9.59 Å². The van der Waals surface area contributed by atoms with Gasteiger partial charge in [0.15, 0.2) is 0 Å². The van der Waals surface area contributed by atoms with Crippen molar-refractivity contribution in [1.82, 2.24) is 0 Å². The zero-order chi connectivity index (χ0) is 13.3. The second kappa shape index (κ2) is 4.94. The number of hydrogen-bond donors (Lipinski definition) is 0. The molecule has 1 aromatic carbocycles. The summed E-state index contributed by atoms with van der Waals surface area (Å²) in [6.45, 7) is 0. The van der Waals surface area contributed by atoms with Crippen molar-refractivity contribution in [3.05, 3.63) is 35.4 Å². The molecule has 4 nitrogen and oxygen atoms in total. The summed E-state index contributed by atoms with van der Waals surface area (Å²) in [4.78, 5) is 25.5. The van der Waals surface area contributed by atoms with E-state index in [0.717, 1.165) is 11.3 Å². The topological polar surface area (TPSA) is 46.6 Å². The average molecular weight is 310 g/mol. The van der Waals surface area contributed by atoms with Crippen molar-refractivity contribution < 1.29 is 14.3 Å². The summed E-state index contributed by atoms with van der Waals surface area (Å²) in [6, 6.07) is 7.38. The molecule has 5 heteroatoms. The summed E-state index contributed by atoms with van der Waals surface area (Å²) < 4.78 is 4.72. The Kier molecular flexibility index (Phi) is 3.52. The van der Waals surface area contributed by atoms with Crippen molar-refractivity contribution >= 4 is 39.1 Å². The van der Waals surface area contributed by atoms with E-state index in [2.05, 4.69) is 15.9 Å². The smallest absolute Gasteiger partial charge is 0.335 e. The van der Waals surface area contributed by atoms with Crippen LogP contribution in [0.2, 0.25) is 0 Å². The minimum Gasteiger partial charge on any atom is -0.466 e. The van der Waals surface area contributed by atoms with Crippen LogP contribution in [0.4, 0.5) is 5.69 Å². The Balaban J connectivity index is 2.68. The van der Waals surface area contributed by atoms with E-state index in [0.29, 0.717) is 11.1 Å². The Morgan fingerprint density at radius 3 is 2.67 bits per heavy atom. The first-order valence-electron chi connectivity index (χ1n) is 5.36. The number of para-hydroxylation sites is 1. The number of esters is 1. The highest BCUT2D eigenvalue weighted by molar-refractivity contribution is 9.09. The molecule has 0 radical (unpaired) electrons. The Morgan fingerprint density at radius 1 is 1.39 bits per heavy atom. The van der Waals surface area contributed by atoms with Gasteiger partial charge in [-0.15, -0.1) is 0 Å². The van der Waals surface area contributed by atoms with Gasteiger partial charge in [0.1, 0.15) is 0 Å². The fourth-order valence-corrected chi connectivity index (χ4v) is 2.52. The lowest BCUT2D eigenvalue weighted by Crippen LogP contribution is -2.22. The standard InChI is InChI=1S/C13H12BrNO3/c1-15-10-6-4-3-5-8(10)11(12(15)16)9(7-14)13(17)18-2/h3-6H,7H2,1-2H3. The van der Waals surface area contributed by atoms with Gasteiger partial charge in [0.05, 0.1) is 23.9 Å². The second-order valence-electron chi connectivity index (χ2n) is 3.86. The molecule has 94 valence electrons. The summed E-state index contributed by atoms with van der Waals surface area (Å²) in [5, 5.41) is 0.281. The second-order valence-corrected chi connectivity index (χ2v) is 4.42. The first-order chi connectivity index (χ1) is 8.61. The SMILES string of the molecule is COC(=O)C(CBr)=C1C(=O)N(C)c2ccccc21. The van der Waals surface area contributed by atoms with Gasteiger partial charge in [0.2, 0.25) is 0 Å². The highest BCUT2D eigenvalue weighted by atomic mass is 79.9. The maximum absolute atomic E-state index is 12.2. The monoisotopic (exact) mass is 309 g/mol. The summed E-state index contributed by atoms with van der Waals surface area (Å²) in [6.07, 6.45) is 0. The fourth-order valence-electron chi connectivity index (χ4n) is 2.01. The molecule has 0 unspecified atom stereocenters. The molecule has 0 fully saturated rings. The first-order valence-corrected chi connectivity index (χ1v) is 6.48. The number of halogens is 1. The number of hydrogen-bond acceptors (Lipinski definition) is 3. The molecule has 0 N–H and O–H groups in total. The molecule has 0 aliphatic carbocycles. The molecule has 0 atom stereocenters. The molecule has 1 aliphatic rings. The van der Waals surface area contributed by atoms with Crippen molar-refractivity contribution in [3.8, 4) is 0 Å². The highest BCUT2D eigenvalue weighted by Crippen LogP contribution is 2.37. The average Bonchev–Trinajstić information content (AvgIpc) is 2.65. The Morgan fingerprint density at radius 2 is 2.06 bits per heavy atom. The quantitative estimate of drug-likeness (QED) is 0.477. The van der Waals surface area contributed by atoms with E-state index in [1.807, 2.05) is 24.3 Å². The van der Waals surface area contributed by atoms with Crippen LogP contribution in [0.25, 0.3) is 5.57 Å². The lowest BCUT2D eigenvalue weighted by molar-refractivity contribution is -0.136. The lowest BCUT2D eigenvalue weighted by atomic mass is 10.0. The number of fused-ring (bicyclic) bond motifs is 1. The number of nitrogens with zero attached hydrogens (tertiary/aromatic N) is 1. The molecule has 0 saturated heterocycles. The summed E-state index contributed by atoms with van der Waals surface area (Å²) >= 11 is 3.24. The van der Waals surface area contributed by atoms with Crippen LogP contribution in [0.3, 0.4) is 0 Å². The largest absolute Gasteiger partial charge is 0.466 e. The molecule has 0 aromatic heterocycles. The molecule has 0 bridgehead atoms. The van der Waals surface area contributed by atoms with E-state index in [-0.39, 0.29) is 11.2 Å². The number of carbonyl (C=O) groups excluding carboxylic acids is 2. The van der Waals surface area contributed by atoms with Gasteiger partial charge in [-0.25, -0.2) is 4.79 Å². The fraction of sp³-hybridized carbons (Fsp3) is 0.231. The van der Waals surface area contributed by atoms with Crippen LogP contribution in [0.5, 0.6) is 0 Å². The maximum atomic E-state index is 12.2. The Labute approximate surface area is 113 Å². The first kappa shape index (κ1) is 12.8. The van der Waals surface area contributed by atoms with E-state index in [1.54, 1.807) is 7.05 Å². The zero-order valence-corrected chi connectivity index (χ0v) is 11.7. The van der Waals surface area contributed by atoms with Crippen molar-refractivity contribution in [2.45, 2.75) is 0 Å². The number of methoxy groups -OCH3 is 1. The van der Waals surface area contributed by atoms with Gasteiger partial charge in [-0.1, -0.05) is 34.1 Å². The van der Waals surface area contributed by atoms with Crippen LogP contribution < -0.4 is 4.90 Å². The minimum absolute atomic E-state index is 0.184. The van der Waals surface area contributed by atoms with E-state index >= 15 is 0 Å². The van der Waals surface area contributed by atoms with Crippen molar-refractivity contribution in [2.75, 3.05) is 24.4 Å². The van der Waals surface area contributed by atoms with Crippen molar-refractivity contribution in [2.24, 2.45) is 0 Å². The molecule has 18 heavy (non-hydrogen) atoms. The third kappa shape index (κ3) is 1.84. The van der Waals surface area contributed by atoms with Crippen LogP contribution in [-0.2, 0) is 14.3 Å². The number of amides is 1. The number of benzene rings is 1. The summed E-state index contributed by atoms with van der Waals surface area (Å²) in [7, 11) is 3.00. The third-order valence-electron chi connectivity index (χ3n) is 2.92. The predicted octanol–water partition coefficient (Wildman–Crippen LogP) is 1.98. The number of alkyl halides is 1. The van der Waals surface area contributed by atoms with Gasteiger partial charge in [0.25, 0.3) is 5.91 Å². The zero-order valence-electron chi connectivity index (χ0n) is 10.1. The predicted molar refractivity (Wildman–Crippen MR) is 72.6 cm³/mol. The van der Waals surface area contributed by atoms with Gasteiger partial charge in [0, 0.05) is 17.9 Å². The summed E-state index contributed by atoms with van der Waals surface area (Å²) in [5.74, 6) is -0.670. The summed E-state index contributed by atoms with van der Waals surface area (Å²) in [5.41, 5.74) is 2.33. The molecule has 2 rings (SSSR count). The Hall–Kier alpha value is -1.62. The normalized spacial score (nSPS) is 16.6. The number of carbonyl (C=O) groups is 2. The number of rotatable bonds is 2. The van der Waals surface area contributed by atoms with Crippen LogP contribution in [0.15, 0.2) is 29.8 Å². The molecular weight excluding hydrogens is 298 g/mol. The maximum Gasteiger partial charge on any atom is 0.335 e. The number of ether oxygens (including phenoxy) is 1. The van der Waals surface area contributed by atoms with Crippen LogP contribution in [0, 0.1) is 0 Å². The Bertz CT molecular complexity index is 551. The van der Waals surface area contributed by atoms with Crippen molar-refractivity contribution in [1.29, 1.82) is 0 Å². The molecule has 1 heterocycles. The lowest BCUT2D eigenvalue weighted by Gasteiger charge is -2.08. The van der Waals surface area contributed by atoms with Gasteiger partial charge < -0.3 is 9.64 Å². The highest BCUT2D eigenvalue weighted by Gasteiger charge is 2.33. The van der Waals surface area contributed by atoms with Crippen LogP contribution in [0.1, 0.15) is 5.56 Å². The minimum atomic E-state index is -0.486. The van der Waals surface area contributed by atoms with E-state index in [1.165, 1.54) is 12.0 Å². The molecule has 1 aliphatic heterocycles. The van der Waals surface area contributed by atoms with E-state index < -0.39 is 5.97 Å². The molecule has 1 amide bonds. The van der Waals surface area contributed by atoms with Crippen LogP contribution >= 0.6 is 15.9 Å². The van der Waals surface area contributed by atoms with Crippen LogP contribution in [-0.4, -0.2) is 31.4 Å². The van der Waals surface area contributed by atoms with Crippen molar-refractivity contribution in [3.63, 3.8) is 0 Å². The third-order valence-corrected chi connectivity index (χ3v) is 3.48. The van der Waals surface area contributed by atoms with Gasteiger partial charge >= 0.3 is 5.97 Å².